The summed E-state index contributed by atoms with van der Waals surface area (Å²) in [5.41, 5.74) is 10.1. The van der Waals surface area contributed by atoms with Crippen molar-refractivity contribution in [2.75, 3.05) is 0 Å². The Morgan fingerprint density at radius 2 is 1.51 bits per heavy atom. The van der Waals surface area contributed by atoms with Gasteiger partial charge in [-0.25, -0.2) is 4.98 Å². The van der Waals surface area contributed by atoms with E-state index in [0.29, 0.717) is 0 Å². The van der Waals surface area contributed by atoms with Crippen LogP contribution in [0, 0.1) is 19.1 Å². The molecule has 10 rings (SSSR count). The number of thiophene rings is 1. The molecule has 0 aliphatic heterocycles. The molecule has 7 heteroatoms. The van der Waals surface area contributed by atoms with Gasteiger partial charge in [-0.1, -0.05) is 143 Å². The van der Waals surface area contributed by atoms with Crippen LogP contribution in [-0.2, 0) is 31.9 Å². The van der Waals surface area contributed by atoms with E-state index in [-0.39, 0.29) is 31.4 Å². The summed E-state index contributed by atoms with van der Waals surface area (Å²) in [5.74, 6) is 0.595. The summed E-state index contributed by atoms with van der Waals surface area (Å²) in [6.45, 7) is 17.5. The molecule has 1 radical (unpaired) electrons. The second-order valence-corrected chi connectivity index (χ2v) is 24.2. The maximum absolute atomic E-state index is 9.32. The third-order valence-electron chi connectivity index (χ3n) is 11.6. The normalized spacial score (nSPS) is 13.0. The van der Waals surface area contributed by atoms with Crippen LogP contribution >= 0.6 is 11.3 Å². The van der Waals surface area contributed by atoms with Crippen LogP contribution in [-0.4, -0.2) is 27.6 Å². The van der Waals surface area contributed by atoms with Crippen molar-refractivity contribution in [2.45, 2.75) is 72.0 Å². The minimum Gasteiger partial charge on any atom is -0.333 e. The second kappa shape index (κ2) is 17.9. The number of rotatable bonds is 7. The average Bonchev–Trinajstić information content (AvgIpc) is 3.87. The maximum atomic E-state index is 9.32. The number of benzene rings is 6. The Balaban J connectivity index is 0.000000175. The van der Waals surface area contributed by atoms with Crippen LogP contribution in [0.15, 0.2) is 152 Å². The molecule has 1 atom stereocenters. The fourth-order valence-corrected chi connectivity index (χ4v) is 10.9. The van der Waals surface area contributed by atoms with Crippen molar-refractivity contribution in [3.63, 3.8) is 0 Å². The molecule has 0 saturated carbocycles. The predicted molar refractivity (Wildman–Crippen MR) is 267 cm³/mol. The van der Waals surface area contributed by atoms with E-state index >= 15 is 0 Å². The van der Waals surface area contributed by atoms with Gasteiger partial charge in [-0.3, -0.25) is 4.98 Å². The van der Waals surface area contributed by atoms with E-state index in [4.69, 9.17) is 15.0 Å². The number of para-hydroxylation sites is 2. The molecule has 4 nitrogen and oxygen atoms in total. The summed E-state index contributed by atoms with van der Waals surface area (Å²) in [6, 6.07) is 56.5. The van der Waals surface area contributed by atoms with Gasteiger partial charge in [0.05, 0.1) is 24.9 Å². The van der Waals surface area contributed by atoms with Gasteiger partial charge in [0.25, 0.3) is 0 Å². The van der Waals surface area contributed by atoms with Crippen molar-refractivity contribution in [3.05, 3.63) is 186 Å². The number of fused-ring (bicyclic) bond motifs is 5. The summed E-state index contributed by atoms with van der Waals surface area (Å²) in [5, 5.41) is 5.72. The average molecular weight is 1040 g/mol. The molecule has 4 heterocycles. The molecular weight excluding hydrogens is 981 g/mol. The molecule has 6 aromatic carbocycles. The zero-order valence-electron chi connectivity index (χ0n) is 39.0. The Hall–Kier alpha value is -5.56. The molecule has 4 aromatic heterocycles. The largest absolute Gasteiger partial charge is 0.333 e. The van der Waals surface area contributed by atoms with Gasteiger partial charge >= 0.3 is 0 Å². The third-order valence-corrected chi connectivity index (χ3v) is 14.7. The van der Waals surface area contributed by atoms with E-state index in [1.165, 1.54) is 21.0 Å². The van der Waals surface area contributed by atoms with E-state index in [0.717, 1.165) is 77.0 Å². The van der Waals surface area contributed by atoms with E-state index in [9.17, 15) is 2.74 Å². The number of aryl methyl sites for hydroxylation is 1. The standard InChI is InChI=1S/C29H24N3S.C27H28NSi.Ir/c1-18-12-17-22-21-8-7-9-23(26(21)33-28(22)30-18)27-31-24-10-5-6-11-25(24)32(27)20-15-13-19(14-16-20)29(2,3)4;1-20(24-16-10-14-21-11-8-9-15-25(21)24)17-23-18-26(22-12-6-5-7-13-22)28-19-27(23)29(2,3)4;/h5-8,10-17H,1-4H3;5-12,14-16,18-20H,17H2,1-4H3;/q2*-1;/i;17D2;. The number of aromatic nitrogens is 4. The Morgan fingerprint density at radius 3 is 2.27 bits per heavy atom. The van der Waals surface area contributed by atoms with Crippen LogP contribution in [0.1, 0.15) is 58.7 Å². The van der Waals surface area contributed by atoms with E-state index in [1.807, 2.05) is 80.7 Å². The zero-order valence-corrected chi connectivity index (χ0v) is 41.3. The van der Waals surface area contributed by atoms with Crippen molar-refractivity contribution in [2.24, 2.45) is 0 Å². The van der Waals surface area contributed by atoms with Crippen molar-refractivity contribution < 1.29 is 22.8 Å². The van der Waals surface area contributed by atoms with Crippen molar-refractivity contribution in [1.29, 1.82) is 0 Å². The summed E-state index contributed by atoms with van der Waals surface area (Å²) in [6.07, 6.45) is 0.359. The van der Waals surface area contributed by atoms with Gasteiger partial charge in [-0.2, -0.15) is 11.3 Å². The molecular formula is C56H52IrN4SSi-2. The Labute approximate surface area is 393 Å². The van der Waals surface area contributed by atoms with Gasteiger partial charge in [0.15, 0.2) is 0 Å². The zero-order chi connectivity index (χ0) is 45.0. The first kappa shape index (κ1) is 41.4. The van der Waals surface area contributed by atoms with Crippen molar-refractivity contribution in [1.82, 2.24) is 19.5 Å². The molecule has 317 valence electrons. The SMILES string of the molecule is Cc1ccc2c(n1)sc1c(-c3nc4ccccc4n3-c3ccc(C(C)(C)C)cc3)[c-]ccc12.[2H]C([2H])(c1cc(-c2[c-]cccc2)ncc1[Si](C)(C)C)C(C)c1cccc2ccccc12.[Ir]. The second-order valence-electron chi connectivity index (χ2n) is 18.1. The number of hydrogen-bond donors (Lipinski definition) is 0. The van der Waals surface area contributed by atoms with Crippen LogP contribution in [0.5, 0.6) is 0 Å². The summed E-state index contributed by atoms with van der Waals surface area (Å²) >= 11 is 1.72. The maximum Gasteiger partial charge on any atom is 0.113 e. The molecule has 0 spiro atoms. The van der Waals surface area contributed by atoms with Crippen LogP contribution in [0.3, 0.4) is 0 Å². The molecule has 1 unspecified atom stereocenters. The van der Waals surface area contributed by atoms with Crippen molar-refractivity contribution in [3.8, 4) is 28.3 Å². The first-order chi connectivity index (χ1) is 30.6. The minimum atomic E-state index is -1.82. The molecule has 63 heavy (non-hydrogen) atoms. The van der Waals surface area contributed by atoms with Gasteiger partial charge in [0, 0.05) is 40.4 Å². The third kappa shape index (κ3) is 8.98. The number of nitrogens with zero attached hydrogens (tertiary/aromatic N) is 4. The Bertz CT molecular complexity index is 3310. The van der Waals surface area contributed by atoms with Gasteiger partial charge in [-0.15, -0.1) is 54.1 Å². The molecule has 0 fully saturated rings. The van der Waals surface area contributed by atoms with Gasteiger partial charge in [0.2, 0.25) is 0 Å². The predicted octanol–water partition coefficient (Wildman–Crippen LogP) is 14.5. The molecule has 0 aliphatic rings. The minimum absolute atomic E-state index is 0. The smallest absolute Gasteiger partial charge is 0.113 e. The quantitative estimate of drug-likeness (QED) is 0.118. The molecule has 10 aromatic rings. The Kier molecular flexibility index (Phi) is 11.8. The van der Waals surface area contributed by atoms with Crippen molar-refractivity contribution >= 4 is 66.7 Å². The first-order valence-electron chi connectivity index (χ1n) is 22.3. The van der Waals surface area contributed by atoms with Gasteiger partial charge in [-0.05, 0) is 97.8 Å². The molecule has 0 amide bonds. The summed E-state index contributed by atoms with van der Waals surface area (Å²) < 4.78 is 22.1. The van der Waals surface area contributed by atoms with E-state index in [1.54, 1.807) is 11.3 Å². The fraction of sp³-hybridized carbons (Fsp3) is 0.196. The number of hydrogen-bond acceptors (Lipinski definition) is 4. The first-order valence-corrected chi connectivity index (χ1v) is 25.7. The number of imidazole rings is 1. The monoisotopic (exact) mass is 1040 g/mol. The van der Waals surface area contributed by atoms with Gasteiger partial charge in [0.1, 0.15) is 4.83 Å². The topological polar surface area (TPSA) is 43.6 Å². The fourth-order valence-electron chi connectivity index (χ4n) is 8.26. The summed E-state index contributed by atoms with van der Waals surface area (Å²) in [4.78, 5) is 15.6. The van der Waals surface area contributed by atoms with E-state index in [2.05, 4.69) is 142 Å². The summed E-state index contributed by atoms with van der Waals surface area (Å²) in [7, 11) is -1.82. The van der Waals surface area contributed by atoms with Crippen LogP contribution in [0.2, 0.25) is 19.6 Å². The number of pyridine rings is 2. The molecule has 0 N–H and O–H groups in total. The molecule has 0 aliphatic carbocycles. The van der Waals surface area contributed by atoms with E-state index < -0.39 is 14.4 Å². The van der Waals surface area contributed by atoms with Gasteiger partial charge < -0.3 is 9.55 Å². The van der Waals surface area contributed by atoms with Crippen LogP contribution < -0.4 is 5.19 Å². The van der Waals surface area contributed by atoms with Crippen LogP contribution in [0.25, 0.3) is 70.4 Å². The molecule has 0 saturated heterocycles. The Morgan fingerprint density at radius 1 is 0.762 bits per heavy atom. The molecule has 0 bridgehead atoms. The van der Waals surface area contributed by atoms with Crippen LogP contribution in [0.4, 0.5) is 0 Å².